The highest BCUT2D eigenvalue weighted by Gasteiger charge is 2.07. The fourth-order valence-electron chi connectivity index (χ4n) is 3.20. The zero-order valence-corrected chi connectivity index (χ0v) is 16.8. The summed E-state index contributed by atoms with van der Waals surface area (Å²) in [4.78, 5) is 0. The van der Waals surface area contributed by atoms with Crippen molar-refractivity contribution in [3.8, 4) is 0 Å². The van der Waals surface area contributed by atoms with E-state index < -0.39 is 0 Å². The van der Waals surface area contributed by atoms with E-state index in [9.17, 15) is 0 Å². The Bertz CT molecular complexity index is 1020. The summed E-state index contributed by atoms with van der Waals surface area (Å²) < 4.78 is 1.47. The van der Waals surface area contributed by atoms with Crippen LogP contribution in [0.25, 0.3) is 23.4 Å². The lowest BCUT2D eigenvalue weighted by Gasteiger charge is -2.13. The first-order chi connectivity index (χ1) is 12.1. The number of hydrogen-bond donors (Lipinski definition) is 0. The molecule has 0 spiro atoms. The van der Waals surface area contributed by atoms with E-state index in [2.05, 4.69) is 103 Å². The van der Waals surface area contributed by atoms with Gasteiger partial charge in [-0.25, -0.2) is 0 Å². The highest BCUT2D eigenvalue weighted by atomic mass is 127. The summed E-state index contributed by atoms with van der Waals surface area (Å²) >= 11 is 2.44. The largest absolute Gasteiger partial charge is 0.0911 e. The quantitative estimate of drug-likeness (QED) is 0.410. The van der Waals surface area contributed by atoms with Gasteiger partial charge in [0.05, 0.1) is 0 Å². The minimum absolute atomic E-state index is 1.04. The Balaban J connectivity index is 1.95. The molecule has 3 rings (SSSR count). The number of halogens is 1. The Morgan fingerprint density at radius 3 is 2.60 bits per heavy atom. The smallest absolute Gasteiger partial charge is 0.0111 e. The minimum Gasteiger partial charge on any atom is -0.0911 e. The van der Waals surface area contributed by atoms with Gasteiger partial charge in [-0.15, -0.1) is 0 Å². The van der Waals surface area contributed by atoms with E-state index in [1.807, 2.05) is 0 Å². The van der Waals surface area contributed by atoms with Crippen molar-refractivity contribution in [2.75, 3.05) is 0 Å². The molecular formula is C24H23I. The molecule has 2 aromatic rings. The Kier molecular flexibility index (Phi) is 5.74. The standard InChI is InChI=1S/C24H23I/c1-4-20(16-19-9-13-23(25)14-10-19)17(2)15-22-12-11-21-7-5-6-8-24(21)18(22)3/h4-8,11-13,15-16H,2-3,9-10,14H2,1H3/b19-16+,20-4+,22-15-. The van der Waals surface area contributed by atoms with E-state index in [1.54, 1.807) is 0 Å². The van der Waals surface area contributed by atoms with Crippen LogP contribution in [0.15, 0.2) is 81.5 Å². The van der Waals surface area contributed by atoms with Crippen LogP contribution in [0.4, 0.5) is 0 Å². The van der Waals surface area contributed by atoms with E-state index in [4.69, 9.17) is 0 Å². The molecule has 0 aromatic heterocycles. The maximum Gasteiger partial charge on any atom is -0.0111 e. The van der Waals surface area contributed by atoms with Crippen LogP contribution in [-0.4, -0.2) is 0 Å². The zero-order valence-electron chi connectivity index (χ0n) is 14.7. The zero-order chi connectivity index (χ0) is 17.8. The average molecular weight is 438 g/mol. The molecule has 126 valence electrons. The van der Waals surface area contributed by atoms with E-state index in [-0.39, 0.29) is 0 Å². The fraction of sp³-hybridized carbons (Fsp3) is 0.167. The van der Waals surface area contributed by atoms with E-state index in [0.29, 0.717) is 0 Å². The summed E-state index contributed by atoms with van der Waals surface area (Å²) in [6, 6.07) is 12.7. The Morgan fingerprint density at radius 2 is 1.88 bits per heavy atom. The van der Waals surface area contributed by atoms with Crippen molar-refractivity contribution in [1.82, 2.24) is 0 Å². The van der Waals surface area contributed by atoms with Crippen LogP contribution in [0.3, 0.4) is 0 Å². The number of allylic oxidation sites excluding steroid dienone is 7. The monoisotopic (exact) mass is 438 g/mol. The average Bonchev–Trinajstić information content (AvgIpc) is 2.63. The topological polar surface area (TPSA) is 0 Å². The molecule has 0 radical (unpaired) electrons. The van der Waals surface area contributed by atoms with Crippen molar-refractivity contribution in [3.63, 3.8) is 0 Å². The first-order valence-electron chi connectivity index (χ1n) is 8.66. The van der Waals surface area contributed by atoms with Crippen LogP contribution in [0, 0.1) is 0 Å². The van der Waals surface area contributed by atoms with Crippen molar-refractivity contribution in [2.24, 2.45) is 0 Å². The molecule has 0 nitrogen and oxygen atoms in total. The minimum atomic E-state index is 1.04. The molecule has 0 fully saturated rings. The van der Waals surface area contributed by atoms with Gasteiger partial charge in [0.25, 0.3) is 0 Å². The molecule has 2 aromatic carbocycles. The molecule has 1 aliphatic carbocycles. The van der Waals surface area contributed by atoms with Gasteiger partial charge in [-0.05, 0) is 90.8 Å². The maximum atomic E-state index is 4.31. The second-order valence-electron chi connectivity index (χ2n) is 6.43. The molecule has 0 atom stereocenters. The third-order valence-corrected chi connectivity index (χ3v) is 5.70. The molecule has 0 saturated carbocycles. The lowest BCUT2D eigenvalue weighted by atomic mass is 9.95. The molecule has 0 saturated heterocycles. The third kappa shape index (κ3) is 4.21. The lowest BCUT2D eigenvalue weighted by molar-refractivity contribution is 0.893. The van der Waals surface area contributed by atoms with Gasteiger partial charge in [-0.2, -0.15) is 0 Å². The molecule has 0 amide bonds. The molecule has 1 heteroatoms. The number of fused-ring (bicyclic) bond motifs is 1. The fourth-order valence-corrected chi connectivity index (χ4v) is 3.69. The van der Waals surface area contributed by atoms with Crippen molar-refractivity contribution in [1.29, 1.82) is 0 Å². The molecule has 0 aliphatic heterocycles. The second kappa shape index (κ2) is 8.01. The number of rotatable bonds is 3. The van der Waals surface area contributed by atoms with Crippen molar-refractivity contribution >= 4 is 46.0 Å². The molecule has 0 N–H and O–H groups in total. The molecule has 0 unspecified atom stereocenters. The number of hydrogen-bond acceptors (Lipinski definition) is 0. The van der Waals surface area contributed by atoms with Crippen molar-refractivity contribution in [3.05, 3.63) is 91.9 Å². The summed E-state index contributed by atoms with van der Waals surface area (Å²) in [5.74, 6) is 0. The van der Waals surface area contributed by atoms with Crippen LogP contribution in [0.2, 0.25) is 0 Å². The van der Waals surface area contributed by atoms with Crippen LogP contribution >= 0.6 is 22.6 Å². The van der Waals surface area contributed by atoms with Gasteiger partial charge in [-0.3, -0.25) is 0 Å². The highest BCUT2D eigenvalue weighted by molar-refractivity contribution is 14.1. The highest BCUT2D eigenvalue weighted by Crippen LogP contribution is 2.28. The first kappa shape index (κ1) is 17.9. The summed E-state index contributed by atoms with van der Waals surface area (Å²) in [5.41, 5.74) is 3.73. The molecule has 25 heavy (non-hydrogen) atoms. The Labute approximate surface area is 163 Å². The van der Waals surface area contributed by atoms with E-state index >= 15 is 0 Å². The Hall–Kier alpha value is -1.87. The Morgan fingerprint density at radius 1 is 1.08 bits per heavy atom. The number of benzene rings is 2. The third-order valence-electron chi connectivity index (χ3n) is 4.72. The van der Waals surface area contributed by atoms with Gasteiger partial charge < -0.3 is 0 Å². The van der Waals surface area contributed by atoms with Gasteiger partial charge in [0.15, 0.2) is 0 Å². The van der Waals surface area contributed by atoms with Crippen LogP contribution in [0.1, 0.15) is 26.2 Å². The SMILES string of the molecule is C=C(/C=c1/ccc2ccccc2c1=C)C(/C=C1\CC=C(I)CC1)=C/C. The van der Waals surface area contributed by atoms with Crippen molar-refractivity contribution in [2.45, 2.75) is 26.2 Å². The van der Waals surface area contributed by atoms with Crippen LogP contribution in [-0.2, 0) is 0 Å². The van der Waals surface area contributed by atoms with Gasteiger partial charge in [0.2, 0.25) is 0 Å². The van der Waals surface area contributed by atoms with Crippen LogP contribution < -0.4 is 10.4 Å². The van der Waals surface area contributed by atoms with Gasteiger partial charge in [-0.1, -0.05) is 73.4 Å². The van der Waals surface area contributed by atoms with Crippen molar-refractivity contribution < 1.29 is 0 Å². The summed E-state index contributed by atoms with van der Waals surface area (Å²) in [6.07, 6.45) is 12.3. The lowest BCUT2D eigenvalue weighted by Crippen LogP contribution is -2.23. The maximum absolute atomic E-state index is 4.31. The first-order valence-corrected chi connectivity index (χ1v) is 9.74. The van der Waals surface area contributed by atoms with E-state index in [0.717, 1.165) is 35.3 Å². The van der Waals surface area contributed by atoms with Crippen LogP contribution in [0.5, 0.6) is 0 Å². The van der Waals surface area contributed by atoms with Gasteiger partial charge in [0.1, 0.15) is 0 Å². The normalized spacial score (nSPS) is 17.8. The molecule has 0 bridgehead atoms. The molecule has 0 heterocycles. The van der Waals surface area contributed by atoms with E-state index in [1.165, 1.54) is 25.5 Å². The predicted molar refractivity (Wildman–Crippen MR) is 120 cm³/mol. The van der Waals surface area contributed by atoms with Gasteiger partial charge in [0, 0.05) is 0 Å². The molecule has 1 aliphatic rings. The predicted octanol–water partition coefficient (Wildman–Crippen LogP) is 5.96. The second-order valence-corrected chi connectivity index (χ2v) is 7.81. The van der Waals surface area contributed by atoms with Gasteiger partial charge >= 0.3 is 0 Å². The summed E-state index contributed by atoms with van der Waals surface area (Å²) in [7, 11) is 0. The summed E-state index contributed by atoms with van der Waals surface area (Å²) in [6.45, 7) is 10.7. The summed E-state index contributed by atoms with van der Waals surface area (Å²) in [5, 5.41) is 4.64. The molecular weight excluding hydrogens is 415 g/mol.